The SMILES string of the molecule is CCOC(=O)c1c(C)n(CCCO[Si](C)(C)CC(C)C)oc1=O. The van der Waals surface area contributed by atoms with E-state index in [2.05, 4.69) is 26.9 Å². The van der Waals surface area contributed by atoms with Gasteiger partial charge in [-0.15, -0.1) is 0 Å². The lowest BCUT2D eigenvalue weighted by atomic mass is 10.2. The predicted octanol–water partition coefficient (Wildman–Crippen LogP) is 3.19. The van der Waals surface area contributed by atoms with Crippen LogP contribution in [0.2, 0.25) is 19.1 Å². The van der Waals surface area contributed by atoms with Crippen LogP contribution in [0.5, 0.6) is 0 Å². The molecule has 0 bridgehead atoms. The fourth-order valence-corrected chi connectivity index (χ4v) is 5.51. The van der Waals surface area contributed by atoms with E-state index in [1.807, 2.05) is 0 Å². The molecular weight excluding hydrogens is 314 g/mol. The fraction of sp³-hybridized carbons (Fsp3) is 0.750. The Morgan fingerprint density at radius 1 is 1.35 bits per heavy atom. The molecule has 7 heteroatoms. The molecule has 23 heavy (non-hydrogen) atoms. The van der Waals surface area contributed by atoms with Crippen molar-refractivity contribution in [2.45, 2.75) is 59.8 Å². The maximum Gasteiger partial charge on any atom is 0.372 e. The van der Waals surface area contributed by atoms with Gasteiger partial charge >= 0.3 is 11.6 Å². The second-order valence-corrected chi connectivity index (χ2v) is 10.9. The molecule has 0 saturated heterocycles. The molecule has 0 aliphatic rings. The number of nitrogens with zero attached hydrogens (tertiary/aromatic N) is 1. The van der Waals surface area contributed by atoms with Crippen molar-refractivity contribution in [1.29, 1.82) is 0 Å². The summed E-state index contributed by atoms with van der Waals surface area (Å²) in [4.78, 5) is 23.5. The van der Waals surface area contributed by atoms with Gasteiger partial charge in [0.2, 0.25) is 0 Å². The number of carbonyl (C=O) groups excluding carboxylic acids is 1. The van der Waals surface area contributed by atoms with Gasteiger partial charge in [0, 0.05) is 6.61 Å². The predicted molar refractivity (Wildman–Crippen MR) is 91.4 cm³/mol. The molecule has 1 aromatic rings. The summed E-state index contributed by atoms with van der Waals surface area (Å²) < 4.78 is 17.5. The van der Waals surface area contributed by atoms with E-state index in [-0.39, 0.29) is 12.2 Å². The van der Waals surface area contributed by atoms with Crippen LogP contribution in [0.25, 0.3) is 0 Å². The van der Waals surface area contributed by atoms with Crippen LogP contribution in [0.4, 0.5) is 0 Å². The Kier molecular flexibility index (Phi) is 7.28. The Bertz CT molecular complexity index is 574. The maximum absolute atomic E-state index is 11.8. The number of aryl methyl sites for hydroxylation is 1. The maximum atomic E-state index is 11.8. The summed E-state index contributed by atoms with van der Waals surface area (Å²) in [6, 6.07) is 1.12. The highest BCUT2D eigenvalue weighted by atomic mass is 28.4. The first-order chi connectivity index (χ1) is 10.7. The molecule has 132 valence electrons. The minimum absolute atomic E-state index is 0.0118. The summed E-state index contributed by atoms with van der Waals surface area (Å²) in [5.41, 5.74) is -0.147. The summed E-state index contributed by atoms with van der Waals surface area (Å²) in [7, 11) is -1.63. The van der Waals surface area contributed by atoms with Crippen molar-refractivity contribution in [2.24, 2.45) is 5.92 Å². The van der Waals surface area contributed by atoms with E-state index in [0.29, 0.717) is 24.8 Å². The highest BCUT2D eigenvalue weighted by Gasteiger charge is 2.24. The van der Waals surface area contributed by atoms with Crippen molar-refractivity contribution >= 4 is 14.3 Å². The standard InChI is InChI=1S/C16H29NO5Si/c1-7-20-15(18)14-13(4)17(22-16(14)19)9-8-10-21-23(5,6)11-12(2)3/h12H,7-11H2,1-6H3. The molecule has 0 aromatic carbocycles. The molecule has 1 heterocycles. The average molecular weight is 343 g/mol. The molecule has 0 saturated carbocycles. The van der Waals surface area contributed by atoms with Crippen LogP contribution in [0, 0.1) is 12.8 Å². The third-order valence-corrected chi connectivity index (χ3v) is 6.30. The third-order valence-electron chi connectivity index (χ3n) is 3.51. The number of hydrogen-bond acceptors (Lipinski definition) is 5. The Morgan fingerprint density at radius 3 is 2.57 bits per heavy atom. The van der Waals surface area contributed by atoms with E-state index >= 15 is 0 Å². The normalized spacial score (nSPS) is 12.0. The number of ether oxygens (including phenoxy) is 1. The first-order valence-corrected chi connectivity index (χ1v) is 11.3. The molecule has 0 aliphatic heterocycles. The molecule has 0 amide bonds. The lowest BCUT2D eigenvalue weighted by Gasteiger charge is -2.24. The fourth-order valence-electron chi connectivity index (χ4n) is 2.73. The first kappa shape index (κ1) is 19.7. The summed E-state index contributed by atoms with van der Waals surface area (Å²) in [5.74, 6) is 0.00717. The van der Waals surface area contributed by atoms with Crippen molar-refractivity contribution in [3.63, 3.8) is 0 Å². The molecular formula is C16H29NO5Si. The minimum atomic E-state index is -1.63. The monoisotopic (exact) mass is 343 g/mol. The van der Waals surface area contributed by atoms with Crippen LogP contribution >= 0.6 is 0 Å². The average Bonchev–Trinajstić information content (AvgIpc) is 2.68. The molecule has 1 rings (SSSR count). The van der Waals surface area contributed by atoms with Gasteiger partial charge in [0.1, 0.15) is 0 Å². The van der Waals surface area contributed by atoms with Crippen LogP contribution < -0.4 is 5.63 Å². The van der Waals surface area contributed by atoms with E-state index in [0.717, 1.165) is 12.5 Å². The molecule has 0 fully saturated rings. The van der Waals surface area contributed by atoms with Crippen molar-refractivity contribution in [3.8, 4) is 0 Å². The second kappa shape index (κ2) is 8.49. The lowest BCUT2D eigenvalue weighted by molar-refractivity contribution is 0.0523. The zero-order valence-electron chi connectivity index (χ0n) is 15.1. The molecule has 0 unspecified atom stereocenters. The van der Waals surface area contributed by atoms with Gasteiger partial charge in [0.15, 0.2) is 13.9 Å². The summed E-state index contributed by atoms with van der Waals surface area (Å²) in [6.07, 6.45) is 0.731. The number of aromatic nitrogens is 1. The zero-order chi connectivity index (χ0) is 17.6. The van der Waals surface area contributed by atoms with Gasteiger partial charge in [0.05, 0.1) is 18.8 Å². The third kappa shape index (κ3) is 5.99. The quantitative estimate of drug-likeness (QED) is 0.391. The summed E-state index contributed by atoms with van der Waals surface area (Å²) in [5, 5.41) is 0. The van der Waals surface area contributed by atoms with Gasteiger partial charge in [-0.1, -0.05) is 13.8 Å². The zero-order valence-corrected chi connectivity index (χ0v) is 16.1. The van der Waals surface area contributed by atoms with E-state index in [4.69, 9.17) is 13.7 Å². The van der Waals surface area contributed by atoms with E-state index < -0.39 is 19.9 Å². The Morgan fingerprint density at radius 2 is 2.00 bits per heavy atom. The van der Waals surface area contributed by atoms with Crippen LogP contribution in [0.3, 0.4) is 0 Å². The number of hydrogen-bond donors (Lipinski definition) is 0. The molecule has 0 spiro atoms. The Labute approximate surface area is 138 Å². The topological polar surface area (TPSA) is 70.7 Å². The van der Waals surface area contributed by atoms with Gasteiger partial charge < -0.3 is 13.7 Å². The molecule has 6 nitrogen and oxygen atoms in total. The Hall–Kier alpha value is -1.34. The number of rotatable bonds is 9. The Balaban J connectivity index is 2.58. The van der Waals surface area contributed by atoms with Gasteiger partial charge in [-0.25, -0.2) is 14.3 Å². The van der Waals surface area contributed by atoms with Crippen molar-refractivity contribution < 1.29 is 18.5 Å². The van der Waals surface area contributed by atoms with Crippen LogP contribution in [-0.4, -0.2) is 32.2 Å². The van der Waals surface area contributed by atoms with Gasteiger partial charge in [0.25, 0.3) is 0 Å². The smallest absolute Gasteiger partial charge is 0.372 e. The second-order valence-electron chi connectivity index (χ2n) is 6.72. The van der Waals surface area contributed by atoms with Crippen molar-refractivity contribution in [1.82, 2.24) is 4.74 Å². The summed E-state index contributed by atoms with van der Waals surface area (Å²) in [6.45, 7) is 13.6. The number of esters is 1. The minimum Gasteiger partial charge on any atom is -0.462 e. The highest BCUT2D eigenvalue weighted by Crippen LogP contribution is 2.18. The van der Waals surface area contributed by atoms with Crippen molar-refractivity contribution in [2.75, 3.05) is 13.2 Å². The van der Waals surface area contributed by atoms with Gasteiger partial charge in [-0.05, 0) is 45.3 Å². The van der Waals surface area contributed by atoms with E-state index in [9.17, 15) is 9.59 Å². The number of carbonyl (C=O) groups is 1. The lowest BCUT2D eigenvalue weighted by Crippen LogP contribution is -2.32. The van der Waals surface area contributed by atoms with Crippen molar-refractivity contribution in [3.05, 3.63) is 21.7 Å². The van der Waals surface area contributed by atoms with Gasteiger partial charge in [-0.2, -0.15) is 0 Å². The van der Waals surface area contributed by atoms with Crippen LogP contribution in [-0.2, 0) is 15.7 Å². The molecule has 0 radical (unpaired) electrons. The van der Waals surface area contributed by atoms with E-state index in [1.165, 1.54) is 4.74 Å². The summed E-state index contributed by atoms with van der Waals surface area (Å²) >= 11 is 0. The molecule has 0 N–H and O–H groups in total. The first-order valence-electron chi connectivity index (χ1n) is 8.19. The largest absolute Gasteiger partial charge is 0.462 e. The van der Waals surface area contributed by atoms with Crippen LogP contribution in [0.1, 0.15) is 43.2 Å². The van der Waals surface area contributed by atoms with Crippen LogP contribution in [0.15, 0.2) is 9.32 Å². The molecule has 0 aliphatic carbocycles. The molecule has 0 atom stereocenters. The highest BCUT2D eigenvalue weighted by molar-refractivity contribution is 6.71. The van der Waals surface area contributed by atoms with E-state index in [1.54, 1.807) is 13.8 Å². The molecule has 1 aromatic heterocycles. The van der Waals surface area contributed by atoms with Gasteiger partial charge in [-0.3, -0.25) is 0 Å².